The molecule has 0 saturated heterocycles. The Labute approximate surface area is 120 Å². The monoisotopic (exact) mass is 296 g/mol. The van der Waals surface area contributed by atoms with Crippen molar-refractivity contribution in [2.24, 2.45) is 0 Å². The predicted molar refractivity (Wildman–Crippen MR) is 74.4 cm³/mol. The number of aromatic nitrogens is 1. The molecule has 0 spiro atoms. The number of hydrogen-bond acceptors (Lipinski definition) is 3. The van der Waals surface area contributed by atoms with Gasteiger partial charge >= 0.3 is 6.18 Å². The van der Waals surface area contributed by atoms with Crippen LogP contribution in [0.1, 0.15) is 11.1 Å². The van der Waals surface area contributed by atoms with Crippen LogP contribution >= 0.6 is 0 Å². The Morgan fingerprint density at radius 1 is 1.19 bits per heavy atom. The van der Waals surface area contributed by atoms with Gasteiger partial charge in [0, 0.05) is 6.20 Å². The molecule has 1 aromatic heterocycles. The maximum atomic E-state index is 12.4. The van der Waals surface area contributed by atoms with Gasteiger partial charge in [-0.25, -0.2) is 4.98 Å². The van der Waals surface area contributed by atoms with Crippen molar-refractivity contribution in [3.63, 3.8) is 0 Å². The van der Waals surface area contributed by atoms with Gasteiger partial charge in [-0.15, -0.1) is 0 Å². The molecule has 1 heterocycles. The highest BCUT2D eigenvalue weighted by Crippen LogP contribution is 2.28. The van der Waals surface area contributed by atoms with E-state index in [1.54, 1.807) is 0 Å². The molecule has 1 N–H and O–H groups in total. The highest BCUT2D eigenvalue weighted by molar-refractivity contribution is 5.36. The third-order valence-corrected chi connectivity index (χ3v) is 2.76. The molecule has 0 fully saturated rings. The van der Waals surface area contributed by atoms with Gasteiger partial charge in [0.2, 0.25) is 0 Å². The van der Waals surface area contributed by atoms with E-state index in [-0.39, 0.29) is 0 Å². The van der Waals surface area contributed by atoms with E-state index in [2.05, 4.69) is 10.3 Å². The maximum Gasteiger partial charge on any atom is 0.417 e. The van der Waals surface area contributed by atoms with Crippen molar-refractivity contribution in [1.29, 1.82) is 0 Å². The van der Waals surface area contributed by atoms with Crippen LogP contribution in [-0.4, -0.2) is 18.1 Å². The van der Waals surface area contributed by atoms with E-state index in [1.165, 1.54) is 6.07 Å². The van der Waals surface area contributed by atoms with Crippen molar-refractivity contribution in [1.82, 2.24) is 4.98 Å². The normalized spacial score (nSPS) is 11.2. The van der Waals surface area contributed by atoms with E-state index in [1.807, 2.05) is 31.2 Å². The van der Waals surface area contributed by atoms with E-state index in [0.717, 1.165) is 23.6 Å². The molecule has 0 aliphatic rings. The van der Waals surface area contributed by atoms with E-state index in [0.29, 0.717) is 19.0 Å². The topological polar surface area (TPSA) is 34.1 Å². The first-order chi connectivity index (χ1) is 9.95. The van der Waals surface area contributed by atoms with Crippen LogP contribution in [0.4, 0.5) is 19.0 Å². The third kappa shape index (κ3) is 4.66. The van der Waals surface area contributed by atoms with E-state index < -0.39 is 11.7 Å². The second-order valence-corrected chi connectivity index (χ2v) is 4.52. The van der Waals surface area contributed by atoms with Crippen molar-refractivity contribution < 1.29 is 17.9 Å². The van der Waals surface area contributed by atoms with Crippen LogP contribution in [0.3, 0.4) is 0 Å². The molecule has 112 valence electrons. The highest BCUT2D eigenvalue weighted by Gasteiger charge is 2.30. The zero-order chi connectivity index (χ0) is 15.3. The molecule has 2 aromatic rings. The molecule has 21 heavy (non-hydrogen) atoms. The summed E-state index contributed by atoms with van der Waals surface area (Å²) in [4.78, 5) is 3.72. The van der Waals surface area contributed by atoms with Gasteiger partial charge in [-0.05, 0) is 36.8 Å². The lowest BCUT2D eigenvalue weighted by Crippen LogP contribution is -2.13. The third-order valence-electron chi connectivity index (χ3n) is 2.76. The molecule has 6 heteroatoms. The number of nitrogens with zero attached hydrogens (tertiary/aromatic N) is 1. The van der Waals surface area contributed by atoms with E-state index in [9.17, 15) is 13.2 Å². The number of pyridine rings is 1. The molecule has 0 saturated carbocycles. The van der Waals surface area contributed by atoms with Gasteiger partial charge in [0.25, 0.3) is 0 Å². The molecule has 3 nitrogen and oxygen atoms in total. The Morgan fingerprint density at radius 3 is 2.62 bits per heavy atom. The number of aryl methyl sites for hydroxylation is 1. The average Bonchev–Trinajstić information content (AvgIpc) is 2.43. The Kier molecular flexibility index (Phi) is 4.67. The summed E-state index contributed by atoms with van der Waals surface area (Å²) in [6, 6.07) is 9.93. The minimum absolute atomic E-state index is 0.385. The first kappa shape index (κ1) is 15.2. The summed E-state index contributed by atoms with van der Waals surface area (Å²) in [5.74, 6) is 1.15. The maximum absolute atomic E-state index is 12.4. The fourth-order valence-electron chi connectivity index (χ4n) is 1.72. The van der Waals surface area contributed by atoms with Crippen molar-refractivity contribution in [3.05, 3.63) is 53.7 Å². The molecule has 0 aliphatic heterocycles. The van der Waals surface area contributed by atoms with E-state index in [4.69, 9.17) is 4.74 Å². The second-order valence-electron chi connectivity index (χ2n) is 4.52. The minimum Gasteiger partial charge on any atom is -0.492 e. The smallest absolute Gasteiger partial charge is 0.417 e. The van der Waals surface area contributed by atoms with Crippen molar-refractivity contribution in [3.8, 4) is 5.75 Å². The summed E-state index contributed by atoms with van der Waals surface area (Å²) in [5.41, 5.74) is 0.342. The molecular formula is C15H15F3N2O. The number of halogens is 3. The van der Waals surface area contributed by atoms with Crippen LogP contribution < -0.4 is 10.1 Å². The van der Waals surface area contributed by atoms with Crippen LogP contribution in [0.15, 0.2) is 42.6 Å². The second kappa shape index (κ2) is 6.47. The molecule has 2 rings (SSSR count). The first-order valence-electron chi connectivity index (χ1n) is 6.42. The Bertz CT molecular complexity index is 582. The predicted octanol–water partition coefficient (Wildman–Crippen LogP) is 3.90. The van der Waals surface area contributed by atoms with Gasteiger partial charge in [0.05, 0.1) is 12.1 Å². The number of nitrogens with one attached hydrogen (secondary N) is 1. The van der Waals surface area contributed by atoms with Crippen LogP contribution in [-0.2, 0) is 6.18 Å². The lowest BCUT2D eigenvalue weighted by atomic mass is 10.2. The van der Waals surface area contributed by atoms with Gasteiger partial charge < -0.3 is 10.1 Å². The molecule has 0 aliphatic carbocycles. The zero-order valence-electron chi connectivity index (χ0n) is 11.4. The van der Waals surface area contributed by atoms with Crippen LogP contribution in [0.5, 0.6) is 5.75 Å². The molecule has 0 atom stereocenters. The summed E-state index contributed by atoms with van der Waals surface area (Å²) in [6.07, 6.45) is -3.55. The zero-order valence-corrected chi connectivity index (χ0v) is 11.4. The summed E-state index contributed by atoms with van der Waals surface area (Å²) in [6.45, 7) is 2.82. The van der Waals surface area contributed by atoms with Crippen LogP contribution in [0.2, 0.25) is 0 Å². The Hall–Kier alpha value is -2.24. The lowest BCUT2D eigenvalue weighted by molar-refractivity contribution is -0.137. The average molecular weight is 296 g/mol. The van der Waals surface area contributed by atoms with Crippen LogP contribution in [0, 0.1) is 6.92 Å². The number of hydrogen-bond donors (Lipinski definition) is 1. The van der Waals surface area contributed by atoms with Gasteiger partial charge in [0.1, 0.15) is 18.2 Å². The SMILES string of the molecule is Cc1cccc(OCCNc2ccc(C(F)(F)F)cn2)c1. The van der Waals surface area contributed by atoms with Crippen LogP contribution in [0.25, 0.3) is 0 Å². The number of anilines is 1. The molecule has 0 unspecified atom stereocenters. The first-order valence-corrected chi connectivity index (χ1v) is 6.42. The van der Waals surface area contributed by atoms with Gasteiger partial charge in [-0.1, -0.05) is 12.1 Å². The fraction of sp³-hybridized carbons (Fsp3) is 0.267. The minimum atomic E-state index is -4.36. The quantitative estimate of drug-likeness (QED) is 0.850. The van der Waals surface area contributed by atoms with Gasteiger partial charge in [-0.2, -0.15) is 13.2 Å². The lowest BCUT2D eigenvalue weighted by Gasteiger charge is -2.10. The summed E-state index contributed by atoms with van der Waals surface area (Å²) < 4.78 is 42.6. The number of benzene rings is 1. The van der Waals surface area contributed by atoms with Crippen molar-refractivity contribution >= 4 is 5.82 Å². The van der Waals surface area contributed by atoms with Gasteiger partial charge in [-0.3, -0.25) is 0 Å². The molecular weight excluding hydrogens is 281 g/mol. The number of alkyl halides is 3. The number of rotatable bonds is 5. The molecule has 0 bridgehead atoms. The number of ether oxygens (including phenoxy) is 1. The summed E-state index contributed by atoms with van der Waals surface area (Å²) >= 11 is 0. The molecule has 1 aromatic carbocycles. The van der Waals surface area contributed by atoms with Gasteiger partial charge in [0.15, 0.2) is 0 Å². The molecule has 0 amide bonds. The summed E-state index contributed by atoms with van der Waals surface area (Å²) in [5, 5.41) is 2.90. The Balaban J connectivity index is 1.79. The largest absolute Gasteiger partial charge is 0.492 e. The van der Waals surface area contributed by atoms with E-state index >= 15 is 0 Å². The Morgan fingerprint density at radius 2 is 2.00 bits per heavy atom. The molecule has 0 radical (unpaired) electrons. The standard InChI is InChI=1S/C15H15F3N2O/c1-11-3-2-4-13(9-11)21-8-7-19-14-6-5-12(10-20-14)15(16,17)18/h2-6,9-10H,7-8H2,1H3,(H,19,20). The summed E-state index contributed by atoms with van der Waals surface area (Å²) in [7, 11) is 0. The van der Waals surface area contributed by atoms with Crippen molar-refractivity contribution in [2.75, 3.05) is 18.5 Å². The fourth-order valence-corrected chi connectivity index (χ4v) is 1.72. The van der Waals surface area contributed by atoms with Crippen molar-refractivity contribution in [2.45, 2.75) is 13.1 Å². The highest BCUT2D eigenvalue weighted by atomic mass is 19.4.